The van der Waals surface area contributed by atoms with Gasteiger partial charge in [-0.3, -0.25) is 4.79 Å². The van der Waals surface area contributed by atoms with E-state index < -0.39 is 0 Å². The zero-order valence-corrected chi connectivity index (χ0v) is 16.6. The Morgan fingerprint density at radius 3 is 2.52 bits per heavy atom. The van der Waals surface area contributed by atoms with Gasteiger partial charge in [-0.15, -0.1) is 0 Å². The lowest BCUT2D eigenvalue weighted by Crippen LogP contribution is -2.23. The van der Waals surface area contributed by atoms with Gasteiger partial charge in [-0.2, -0.15) is 0 Å². The first-order valence-electron chi connectivity index (χ1n) is 8.66. The fraction of sp³-hybridized carbons (Fsp3) is 0.381. The maximum Gasteiger partial charge on any atom is 0.285 e. The smallest absolute Gasteiger partial charge is 0.285 e. The van der Waals surface area contributed by atoms with Gasteiger partial charge in [0.25, 0.3) is 5.24 Å². The number of ether oxygens (including phenoxy) is 1. The van der Waals surface area contributed by atoms with E-state index in [-0.39, 0.29) is 5.24 Å². The molecular weight excluding hydrogens is 330 g/mol. The lowest BCUT2D eigenvalue weighted by Gasteiger charge is -2.22. The Kier molecular flexibility index (Phi) is 6.94. The fourth-order valence-corrected chi connectivity index (χ4v) is 3.28. The van der Waals surface area contributed by atoms with Crippen molar-refractivity contribution in [2.24, 2.45) is 0 Å². The van der Waals surface area contributed by atoms with Crippen LogP contribution in [-0.2, 0) is 19.4 Å². The molecule has 0 saturated carbocycles. The summed E-state index contributed by atoms with van der Waals surface area (Å²) >= 11 is 1.22. The number of amides is 1. The van der Waals surface area contributed by atoms with E-state index in [1.54, 1.807) is 11.2 Å². The van der Waals surface area contributed by atoms with Crippen molar-refractivity contribution in [3.8, 4) is 5.75 Å². The second-order valence-corrected chi connectivity index (χ2v) is 6.80. The van der Waals surface area contributed by atoms with Gasteiger partial charge in [-0.05, 0) is 54.8 Å². The molecule has 0 atom stereocenters. The summed E-state index contributed by atoms with van der Waals surface area (Å²) in [5.41, 5.74) is 5.66. The van der Waals surface area contributed by atoms with Crippen LogP contribution in [-0.4, -0.2) is 18.5 Å². The van der Waals surface area contributed by atoms with E-state index in [1.807, 2.05) is 25.2 Å². The van der Waals surface area contributed by atoms with Crippen molar-refractivity contribution in [1.82, 2.24) is 0 Å². The van der Waals surface area contributed by atoms with Crippen LogP contribution in [0.3, 0.4) is 0 Å². The summed E-state index contributed by atoms with van der Waals surface area (Å²) in [6, 6.07) is 12.4. The molecule has 2 rings (SSSR count). The third kappa shape index (κ3) is 4.57. The summed E-state index contributed by atoms with van der Waals surface area (Å²) in [6.45, 7) is 6.81. The molecule has 0 N–H and O–H groups in total. The van der Waals surface area contributed by atoms with Gasteiger partial charge >= 0.3 is 0 Å². The third-order valence-corrected chi connectivity index (χ3v) is 5.08. The number of nitrogens with zero attached hydrogens (tertiary/aromatic N) is 1. The van der Waals surface area contributed by atoms with Crippen LogP contribution in [0.2, 0.25) is 0 Å². The van der Waals surface area contributed by atoms with E-state index in [2.05, 4.69) is 39.0 Å². The minimum absolute atomic E-state index is 0.0259. The van der Waals surface area contributed by atoms with Crippen LogP contribution < -0.4 is 9.64 Å². The molecule has 0 unspecified atom stereocenters. The number of hydrogen-bond donors (Lipinski definition) is 0. The van der Waals surface area contributed by atoms with Gasteiger partial charge in [0.1, 0.15) is 12.4 Å². The zero-order chi connectivity index (χ0) is 18.4. The minimum Gasteiger partial charge on any atom is -0.489 e. The summed E-state index contributed by atoms with van der Waals surface area (Å²) in [5.74, 6) is 0.896. The van der Waals surface area contributed by atoms with Crippen LogP contribution in [0.5, 0.6) is 5.75 Å². The predicted octanol–water partition coefficient (Wildman–Crippen LogP) is 5.62. The number of hydrogen-bond acceptors (Lipinski definition) is 3. The molecule has 0 spiro atoms. The molecule has 3 nitrogen and oxygen atoms in total. The normalized spacial score (nSPS) is 10.6. The maximum atomic E-state index is 12.1. The predicted molar refractivity (Wildman–Crippen MR) is 108 cm³/mol. The summed E-state index contributed by atoms with van der Waals surface area (Å²) in [6.07, 6.45) is 3.73. The molecule has 134 valence electrons. The molecule has 0 aromatic heterocycles. The Morgan fingerprint density at radius 2 is 1.92 bits per heavy atom. The number of carbonyl (C=O) groups is 1. The van der Waals surface area contributed by atoms with Gasteiger partial charge in [0, 0.05) is 12.6 Å². The van der Waals surface area contributed by atoms with Crippen molar-refractivity contribution >= 4 is 22.7 Å². The number of benzene rings is 2. The Labute approximate surface area is 155 Å². The first kappa shape index (κ1) is 19.4. The second kappa shape index (κ2) is 8.95. The van der Waals surface area contributed by atoms with Crippen molar-refractivity contribution in [2.75, 3.05) is 18.2 Å². The molecule has 0 aliphatic carbocycles. The van der Waals surface area contributed by atoms with Crippen LogP contribution in [0.25, 0.3) is 0 Å². The Morgan fingerprint density at radius 1 is 1.16 bits per heavy atom. The molecule has 2 aromatic rings. The van der Waals surface area contributed by atoms with Crippen molar-refractivity contribution in [2.45, 2.75) is 40.2 Å². The highest BCUT2D eigenvalue weighted by atomic mass is 32.2. The highest BCUT2D eigenvalue weighted by Gasteiger charge is 2.16. The van der Waals surface area contributed by atoms with E-state index >= 15 is 0 Å². The summed E-state index contributed by atoms with van der Waals surface area (Å²) < 4.78 is 6.12. The van der Waals surface area contributed by atoms with Gasteiger partial charge in [-0.1, -0.05) is 49.9 Å². The van der Waals surface area contributed by atoms with Gasteiger partial charge in [-0.25, -0.2) is 0 Å². The van der Waals surface area contributed by atoms with Crippen LogP contribution in [0, 0.1) is 6.92 Å². The highest BCUT2D eigenvalue weighted by molar-refractivity contribution is 8.13. The molecular formula is C21H27NO2S. The van der Waals surface area contributed by atoms with Gasteiger partial charge in [0.05, 0.1) is 5.69 Å². The molecule has 0 aliphatic rings. The minimum atomic E-state index is 0.0259. The third-order valence-electron chi connectivity index (χ3n) is 4.46. The number of anilines is 1. The Bertz CT molecular complexity index is 743. The lowest BCUT2D eigenvalue weighted by atomic mass is 10.0. The van der Waals surface area contributed by atoms with Gasteiger partial charge in [0.2, 0.25) is 0 Å². The number of carbonyl (C=O) groups excluding carboxylic acids is 1. The molecule has 0 saturated heterocycles. The van der Waals surface area contributed by atoms with E-state index in [4.69, 9.17) is 4.74 Å². The Balaban J connectivity index is 2.30. The van der Waals surface area contributed by atoms with Gasteiger partial charge < -0.3 is 9.64 Å². The standard InChI is InChI=1S/C21H27NO2S/c1-6-16-11-12-20(15(3)13-16)24-14-18-17(7-2)9-8-10-19(18)22(4)21(23)25-5/h8-13H,6-7,14H2,1-5H3. The molecule has 2 aromatic carbocycles. The van der Waals surface area contributed by atoms with Crippen molar-refractivity contribution in [1.29, 1.82) is 0 Å². The topological polar surface area (TPSA) is 29.5 Å². The quantitative estimate of drug-likeness (QED) is 0.672. The van der Waals surface area contributed by atoms with Crippen LogP contribution >= 0.6 is 11.8 Å². The second-order valence-electron chi connectivity index (χ2n) is 6.04. The van der Waals surface area contributed by atoms with Crippen molar-refractivity contribution in [3.63, 3.8) is 0 Å². The fourth-order valence-electron chi connectivity index (χ4n) is 2.91. The number of aryl methyl sites for hydroxylation is 3. The monoisotopic (exact) mass is 357 g/mol. The van der Waals surface area contributed by atoms with Crippen LogP contribution in [0.15, 0.2) is 36.4 Å². The molecule has 0 fully saturated rings. The number of thioether (sulfide) groups is 1. The summed E-state index contributed by atoms with van der Waals surface area (Å²) in [5, 5.41) is 0.0259. The average Bonchev–Trinajstić information content (AvgIpc) is 2.65. The molecule has 4 heteroatoms. The van der Waals surface area contributed by atoms with Crippen molar-refractivity contribution < 1.29 is 9.53 Å². The van der Waals surface area contributed by atoms with E-state index in [0.29, 0.717) is 6.61 Å². The van der Waals surface area contributed by atoms with Gasteiger partial charge in [0.15, 0.2) is 0 Å². The SMILES string of the molecule is CCc1ccc(OCc2c(CC)cccc2N(C)C(=O)SC)c(C)c1. The molecule has 0 aliphatic heterocycles. The summed E-state index contributed by atoms with van der Waals surface area (Å²) in [7, 11) is 1.82. The molecule has 25 heavy (non-hydrogen) atoms. The zero-order valence-electron chi connectivity index (χ0n) is 15.8. The van der Waals surface area contributed by atoms with Crippen LogP contribution in [0.1, 0.15) is 36.1 Å². The summed E-state index contributed by atoms with van der Waals surface area (Å²) in [4.78, 5) is 13.8. The average molecular weight is 358 g/mol. The lowest BCUT2D eigenvalue weighted by molar-refractivity contribution is 0.266. The first-order valence-corrected chi connectivity index (χ1v) is 9.89. The molecule has 0 bridgehead atoms. The number of rotatable bonds is 6. The van der Waals surface area contributed by atoms with E-state index in [9.17, 15) is 4.79 Å². The molecule has 1 amide bonds. The molecule has 0 radical (unpaired) electrons. The van der Waals surface area contributed by atoms with Crippen molar-refractivity contribution in [3.05, 3.63) is 58.7 Å². The Hall–Kier alpha value is -1.94. The molecule has 0 heterocycles. The first-order chi connectivity index (χ1) is 12.0. The maximum absolute atomic E-state index is 12.1. The van der Waals surface area contributed by atoms with E-state index in [0.717, 1.165) is 35.4 Å². The highest BCUT2D eigenvalue weighted by Crippen LogP contribution is 2.28. The largest absolute Gasteiger partial charge is 0.489 e. The van der Waals surface area contributed by atoms with Crippen LogP contribution in [0.4, 0.5) is 10.5 Å². The van der Waals surface area contributed by atoms with E-state index in [1.165, 1.54) is 22.9 Å².